The van der Waals surface area contributed by atoms with Gasteiger partial charge in [-0.15, -0.1) is 11.3 Å². The topological polar surface area (TPSA) is 72.1 Å². The van der Waals surface area contributed by atoms with Crippen molar-refractivity contribution in [2.24, 2.45) is 17.0 Å². The SMILES string of the molecule is CCC1C=C(c2cnn(C)c2)OC(c2cc(Cl)c(C3(C)CS(=O)N(C)C(C)=N3)s2)=N1. The first-order valence-corrected chi connectivity index (χ1v) is 12.1. The molecule has 2 aromatic rings. The number of rotatable bonds is 4. The van der Waals surface area contributed by atoms with Gasteiger partial charge < -0.3 is 4.74 Å². The van der Waals surface area contributed by atoms with Gasteiger partial charge in [0.2, 0.25) is 5.90 Å². The summed E-state index contributed by atoms with van der Waals surface area (Å²) in [4.78, 5) is 11.3. The van der Waals surface area contributed by atoms with Gasteiger partial charge in [0.25, 0.3) is 0 Å². The molecule has 2 aliphatic rings. The molecule has 10 heteroatoms. The molecule has 0 saturated carbocycles. The number of thiophene rings is 1. The van der Waals surface area contributed by atoms with Gasteiger partial charge in [-0.05, 0) is 32.4 Å². The highest BCUT2D eigenvalue weighted by molar-refractivity contribution is 7.83. The fourth-order valence-electron chi connectivity index (χ4n) is 3.46. The third-order valence-electron chi connectivity index (χ3n) is 5.20. The van der Waals surface area contributed by atoms with Crippen molar-refractivity contribution >= 4 is 51.4 Å². The minimum atomic E-state index is -1.15. The molecule has 0 spiro atoms. The zero-order valence-corrected chi connectivity index (χ0v) is 19.9. The first-order chi connectivity index (χ1) is 14.2. The van der Waals surface area contributed by atoms with Crippen LogP contribution in [0.1, 0.15) is 42.5 Å². The lowest BCUT2D eigenvalue weighted by Gasteiger charge is -2.33. The maximum atomic E-state index is 12.6. The van der Waals surface area contributed by atoms with Gasteiger partial charge in [0.05, 0.1) is 38.3 Å². The lowest BCUT2D eigenvalue weighted by atomic mass is 10.0. The van der Waals surface area contributed by atoms with E-state index in [0.29, 0.717) is 16.7 Å². The second kappa shape index (κ2) is 7.94. The Morgan fingerprint density at radius 1 is 1.43 bits per heavy atom. The number of aliphatic imine (C=N–C) groups is 2. The van der Waals surface area contributed by atoms with Crippen molar-refractivity contribution in [1.29, 1.82) is 0 Å². The summed E-state index contributed by atoms with van der Waals surface area (Å²) < 4.78 is 22.1. The Hall–Kier alpha value is -1.97. The van der Waals surface area contributed by atoms with E-state index in [9.17, 15) is 4.21 Å². The third kappa shape index (κ3) is 3.86. The molecule has 4 heterocycles. The molecule has 0 radical (unpaired) electrons. The van der Waals surface area contributed by atoms with E-state index < -0.39 is 16.5 Å². The molecule has 0 aliphatic carbocycles. The van der Waals surface area contributed by atoms with Crippen molar-refractivity contribution in [3.63, 3.8) is 0 Å². The van der Waals surface area contributed by atoms with Crippen LogP contribution in [0.2, 0.25) is 5.02 Å². The number of halogens is 1. The summed E-state index contributed by atoms with van der Waals surface area (Å²) in [6.07, 6.45) is 6.57. The quantitative estimate of drug-likeness (QED) is 0.685. The van der Waals surface area contributed by atoms with Crippen LogP contribution >= 0.6 is 22.9 Å². The zero-order chi connectivity index (χ0) is 21.6. The fraction of sp³-hybridized carbons (Fsp3) is 0.450. The van der Waals surface area contributed by atoms with Crippen LogP contribution in [0.5, 0.6) is 0 Å². The van der Waals surface area contributed by atoms with Crippen LogP contribution in [-0.4, -0.2) is 48.9 Å². The summed E-state index contributed by atoms with van der Waals surface area (Å²) in [5, 5.41) is 4.83. The van der Waals surface area contributed by atoms with E-state index in [1.807, 2.05) is 39.2 Å². The van der Waals surface area contributed by atoms with Gasteiger partial charge in [-0.3, -0.25) is 14.0 Å². The average molecular weight is 466 g/mol. The van der Waals surface area contributed by atoms with Gasteiger partial charge in [-0.25, -0.2) is 9.20 Å². The molecule has 3 atom stereocenters. The second-order valence-electron chi connectivity index (χ2n) is 7.63. The normalized spacial score (nSPS) is 26.7. The summed E-state index contributed by atoms with van der Waals surface area (Å²) in [5.41, 5.74) is 0.257. The average Bonchev–Trinajstić information content (AvgIpc) is 3.32. The van der Waals surface area contributed by atoms with Crippen molar-refractivity contribution < 1.29 is 8.95 Å². The van der Waals surface area contributed by atoms with Crippen LogP contribution in [-0.2, 0) is 28.3 Å². The molecule has 0 fully saturated rings. The second-order valence-corrected chi connectivity index (χ2v) is 10.6. The molecule has 2 aromatic heterocycles. The highest BCUT2D eigenvalue weighted by Crippen LogP contribution is 2.42. The lowest BCUT2D eigenvalue weighted by molar-refractivity contribution is 0.483. The molecule has 0 saturated heterocycles. The molecule has 0 amide bonds. The van der Waals surface area contributed by atoms with Crippen molar-refractivity contribution in [2.45, 2.75) is 38.8 Å². The molecule has 4 rings (SSSR count). The summed E-state index contributed by atoms with van der Waals surface area (Å²) in [6.45, 7) is 5.93. The fourth-order valence-corrected chi connectivity index (χ4v) is 6.33. The minimum Gasteiger partial charge on any atom is -0.437 e. The summed E-state index contributed by atoms with van der Waals surface area (Å²) in [7, 11) is 2.51. The smallest absolute Gasteiger partial charge is 0.232 e. The van der Waals surface area contributed by atoms with E-state index in [-0.39, 0.29) is 6.04 Å². The van der Waals surface area contributed by atoms with Gasteiger partial charge in [0.1, 0.15) is 28.1 Å². The standard InChI is InChI=1S/C20H24ClN5O2S2/c1-6-14-7-16(13-9-22-25(4)10-13)28-19(23-14)17-8-15(21)18(29-17)20(3)11-30(27)26(5)12(2)24-20/h7-10,14H,6,11H2,1-5H3. The van der Waals surface area contributed by atoms with E-state index in [0.717, 1.165) is 33.3 Å². The summed E-state index contributed by atoms with van der Waals surface area (Å²) in [5.74, 6) is 2.39. The Morgan fingerprint density at radius 3 is 2.83 bits per heavy atom. The Bertz CT molecular complexity index is 1100. The van der Waals surface area contributed by atoms with Gasteiger partial charge in [0, 0.05) is 20.3 Å². The minimum absolute atomic E-state index is 0.0139. The molecule has 160 valence electrons. The molecule has 0 aromatic carbocycles. The number of aryl methyl sites for hydroxylation is 1. The Morgan fingerprint density at radius 2 is 2.20 bits per heavy atom. The maximum Gasteiger partial charge on any atom is 0.232 e. The number of hydrogen-bond acceptors (Lipinski definition) is 6. The molecule has 30 heavy (non-hydrogen) atoms. The van der Waals surface area contributed by atoms with E-state index >= 15 is 0 Å². The van der Waals surface area contributed by atoms with E-state index in [2.05, 4.69) is 12.0 Å². The number of amidine groups is 1. The first-order valence-electron chi connectivity index (χ1n) is 9.65. The van der Waals surface area contributed by atoms with Crippen molar-refractivity contribution in [2.75, 3.05) is 12.8 Å². The van der Waals surface area contributed by atoms with E-state index in [1.165, 1.54) is 11.3 Å². The molecular formula is C20H24ClN5O2S2. The Balaban J connectivity index is 1.69. The number of ether oxygens (including phenoxy) is 1. The highest BCUT2D eigenvalue weighted by Gasteiger charge is 2.38. The molecule has 2 aliphatic heterocycles. The number of hydrogen-bond donors (Lipinski definition) is 0. The lowest BCUT2D eigenvalue weighted by Crippen LogP contribution is -2.42. The van der Waals surface area contributed by atoms with Crippen LogP contribution < -0.4 is 0 Å². The van der Waals surface area contributed by atoms with Crippen LogP contribution in [0, 0.1) is 0 Å². The van der Waals surface area contributed by atoms with E-state index in [4.69, 9.17) is 26.3 Å². The van der Waals surface area contributed by atoms with Crippen molar-refractivity contribution in [3.05, 3.63) is 44.9 Å². The van der Waals surface area contributed by atoms with Crippen LogP contribution in [0.25, 0.3) is 5.76 Å². The van der Waals surface area contributed by atoms with Gasteiger partial charge >= 0.3 is 0 Å². The van der Waals surface area contributed by atoms with Crippen molar-refractivity contribution in [1.82, 2.24) is 14.1 Å². The number of nitrogens with zero attached hydrogens (tertiary/aromatic N) is 5. The predicted octanol–water partition coefficient (Wildman–Crippen LogP) is 3.97. The largest absolute Gasteiger partial charge is 0.437 e. The highest BCUT2D eigenvalue weighted by atomic mass is 35.5. The Labute approximate surface area is 187 Å². The van der Waals surface area contributed by atoms with Crippen LogP contribution in [0.15, 0.2) is 34.5 Å². The number of aromatic nitrogens is 2. The summed E-state index contributed by atoms with van der Waals surface area (Å²) in [6, 6.07) is 1.89. The monoisotopic (exact) mass is 465 g/mol. The molecule has 0 N–H and O–H groups in total. The van der Waals surface area contributed by atoms with Gasteiger partial charge in [0.15, 0.2) is 0 Å². The first kappa shape index (κ1) is 21.3. The zero-order valence-electron chi connectivity index (χ0n) is 17.5. The van der Waals surface area contributed by atoms with E-state index in [1.54, 1.807) is 22.2 Å². The van der Waals surface area contributed by atoms with Gasteiger partial charge in [-0.1, -0.05) is 18.5 Å². The molecule has 0 bridgehead atoms. The summed E-state index contributed by atoms with van der Waals surface area (Å²) >= 11 is 8.13. The predicted molar refractivity (Wildman–Crippen MR) is 123 cm³/mol. The third-order valence-corrected chi connectivity index (χ3v) is 8.67. The molecule has 7 nitrogen and oxygen atoms in total. The molecular weight excluding hydrogens is 442 g/mol. The van der Waals surface area contributed by atoms with Crippen LogP contribution in [0.3, 0.4) is 0 Å². The van der Waals surface area contributed by atoms with Crippen LogP contribution in [0.4, 0.5) is 0 Å². The van der Waals surface area contributed by atoms with Gasteiger partial charge in [-0.2, -0.15) is 5.10 Å². The molecule has 3 unspecified atom stereocenters. The Kier molecular flexibility index (Phi) is 5.63. The van der Waals surface area contributed by atoms with Crippen molar-refractivity contribution in [3.8, 4) is 0 Å². The maximum absolute atomic E-state index is 12.6.